The molecule has 1 N–H and O–H groups in total. The van der Waals surface area contributed by atoms with Gasteiger partial charge in [0.1, 0.15) is 0 Å². The van der Waals surface area contributed by atoms with Gasteiger partial charge < -0.3 is 14.9 Å². The van der Waals surface area contributed by atoms with Crippen molar-refractivity contribution < 1.29 is 39.5 Å². The molecule has 0 radical (unpaired) electrons. The molecule has 13 heavy (non-hydrogen) atoms. The fraction of sp³-hybridized carbons (Fsp3) is 0. The second-order valence-electron chi connectivity index (χ2n) is 2.56. The van der Waals surface area contributed by atoms with E-state index in [1.165, 1.54) is 0 Å². The SMILES string of the molecule is O=C([O-])c1cc2ccccc2[nH]1.[Na+]. The number of nitrogens with one attached hydrogen (secondary N) is 1. The summed E-state index contributed by atoms with van der Waals surface area (Å²) in [6.07, 6.45) is 0. The van der Waals surface area contributed by atoms with Crippen LogP contribution in [0.4, 0.5) is 0 Å². The van der Waals surface area contributed by atoms with Crippen molar-refractivity contribution in [3.8, 4) is 0 Å². The van der Waals surface area contributed by atoms with Crippen LogP contribution >= 0.6 is 0 Å². The van der Waals surface area contributed by atoms with E-state index in [-0.39, 0.29) is 35.3 Å². The first-order chi connectivity index (χ1) is 5.77. The zero-order chi connectivity index (χ0) is 8.55. The summed E-state index contributed by atoms with van der Waals surface area (Å²) < 4.78 is 0. The number of fused-ring (bicyclic) bond motifs is 1. The number of aromatic amines is 1. The zero-order valence-corrected chi connectivity index (χ0v) is 9.20. The minimum absolute atomic E-state index is 0. The fourth-order valence-electron chi connectivity index (χ4n) is 1.18. The number of rotatable bonds is 1. The van der Waals surface area contributed by atoms with Crippen molar-refractivity contribution in [2.45, 2.75) is 0 Å². The Balaban J connectivity index is 0.000000845. The van der Waals surface area contributed by atoms with Gasteiger partial charge >= 0.3 is 29.6 Å². The van der Waals surface area contributed by atoms with E-state index in [1.54, 1.807) is 6.07 Å². The third kappa shape index (κ3) is 1.94. The predicted molar refractivity (Wildman–Crippen MR) is 42.6 cm³/mol. The normalized spacial score (nSPS) is 9.54. The monoisotopic (exact) mass is 183 g/mol. The molecule has 1 heterocycles. The number of carboxylic acid groups (broad SMARTS) is 1. The molecule has 0 fully saturated rings. The van der Waals surface area contributed by atoms with Gasteiger partial charge in [-0.3, -0.25) is 0 Å². The van der Waals surface area contributed by atoms with Crippen LogP contribution in [-0.4, -0.2) is 11.0 Å². The van der Waals surface area contributed by atoms with E-state index >= 15 is 0 Å². The maximum Gasteiger partial charge on any atom is 1.00 e. The fourth-order valence-corrected chi connectivity index (χ4v) is 1.18. The van der Waals surface area contributed by atoms with Gasteiger partial charge in [0.05, 0.1) is 11.7 Å². The molecule has 0 amide bonds. The standard InChI is InChI=1S/C9H7NO2.Na/c11-9(12)8-5-6-3-1-2-4-7(6)10-8;/h1-5,10H,(H,11,12);/q;+1/p-1. The smallest absolute Gasteiger partial charge is 0.543 e. The number of aromatic nitrogens is 1. The minimum atomic E-state index is -1.17. The van der Waals surface area contributed by atoms with Crippen molar-refractivity contribution in [2.75, 3.05) is 0 Å². The molecule has 4 heteroatoms. The molecule has 1 aromatic carbocycles. The first-order valence-electron chi connectivity index (χ1n) is 3.56. The Bertz CT molecular complexity index is 403. The van der Waals surface area contributed by atoms with Crippen molar-refractivity contribution in [2.24, 2.45) is 0 Å². The van der Waals surface area contributed by atoms with Crippen molar-refractivity contribution in [3.05, 3.63) is 36.0 Å². The van der Waals surface area contributed by atoms with Gasteiger partial charge in [-0.15, -0.1) is 0 Å². The largest absolute Gasteiger partial charge is 1.00 e. The summed E-state index contributed by atoms with van der Waals surface area (Å²) >= 11 is 0. The number of carboxylic acids is 1. The second-order valence-corrected chi connectivity index (χ2v) is 2.56. The van der Waals surface area contributed by atoms with E-state index in [0.717, 1.165) is 10.9 Å². The first kappa shape index (κ1) is 10.3. The molecular weight excluding hydrogens is 177 g/mol. The quantitative estimate of drug-likeness (QED) is 0.498. The summed E-state index contributed by atoms with van der Waals surface area (Å²) in [7, 11) is 0. The van der Waals surface area contributed by atoms with E-state index in [9.17, 15) is 9.90 Å². The van der Waals surface area contributed by atoms with Crippen LogP contribution in [0.1, 0.15) is 10.5 Å². The number of hydrogen-bond acceptors (Lipinski definition) is 2. The number of aromatic carboxylic acids is 1. The van der Waals surface area contributed by atoms with Crippen LogP contribution in [0.2, 0.25) is 0 Å². The number of carbonyl (C=O) groups is 1. The Morgan fingerprint density at radius 3 is 2.62 bits per heavy atom. The van der Waals surface area contributed by atoms with Gasteiger partial charge in [0.2, 0.25) is 0 Å². The van der Waals surface area contributed by atoms with Gasteiger partial charge in [0, 0.05) is 10.9 Å². The van der Waals surface area contributed by atoms with E-state index in [2.05, 4.69) is 4.98 Å². The third-order valence-electron chi connectivity index (χ3n) is 1.75. The molecule has 0 unspecified atom stereocenters. The average molecular weight is 183 g/mol. The molecule has 0 aliphatic carbocycles. The zero-order valence-electron chi connectivity index (χ0n) is 7.20. The van der Waals surface area contributed by atoms with Crippen molar-refractivity contribution >= 4 is 16.9 Å². The van der Waals surface area contributed by atoms with Crippen LogP contribution in [-0.2, 0) is 0 Å². The van der Waals surface area contributed by atoms with Crippen LogP contribution in [0, 0.1) is 0 Å². The summed E-state index contributed by atoms with van der Waals surface area (Å²) in [4.78, 5) is 13.2. The molecule has 0 spiro atoms. The molecule has 1 aromatic heterocycles. The molecule has 3 nitrogen and oxygen atoms in total. The summed E-state index contributed by atoms with van der Waals surface area (Å²) in [5.74, 6) is -1.17. The number of para-hydroxylation sites is 1. The molecule has 2 aromatic rings. The average Bonchev–Trinajstić information content (AvgIpc) is 2.46. The van der Waals surface area contributed by atoms with Crippen LogP contribution in [0.25, 0.3) is 10.9 Å². The van der Waals surface area contributed by atoms with Crippen LogP contribution in [0.5, 0.6) is 0 Å². The third-order valence-corrected chi connectivity index (χ3v) is 1.75. The Morgan fingerprint density at radius 2 is 2.00 bits per heavy atom. The summed E-state index contributed by atoms with van der Waals surface area (Å²) in [5, 5.41) is 11.3. The topological polar surface area (TPSA) is 55.9 Å². The molecule has 2 rings (SSSR count). The Kier molecular flexibility index (Phi) is 3.14. The van der Waals surface area contributed by atoms with E-state index in [0.29, 0.717) is 0 Å². The summed E-state index contributed by atoms with van der Waals surface area (Å²) in [6.45, 7) is 0. The predicted octanol–water partition coefficient (Wildman–Crippen LogP) is -2.46. The molecule has 0 aliphatic rings. The van der Waals surface area contributed by atoms with E-state index in [1.807, 2.05) is 24.3 Å². The van der Waals surface area contributed by atoms with Gasteiger partial charge in [-0.25, -0.2) is 0 Å². The Hall–Kier alpha value is -0.770. The van der Waals surface area contributed by atoms with Crippen LogP contribution in [0.3, 0.4) is 0 Å². The van der Waals surface area contributed by atoms with Gasteiger partial charge in [-0.1, -0.05) is 18.2 Å². The molecule has 0 saturated carbocycles. The number of carbonyl (C=O) groups excluding carboxylic acids is 1. The number of hydrogen-bond donors (Lipinski definition) is 1. The van der Waals surface area contributed by atoms with Gasteiger partial charge in [-0.2, -0.15) is 0 Å². The molecule has 0 aliphatic heterocycles. The Morgan fingerprint density at radius 1 is 1.31 bits per heavy atom. The van der Waals surface area contributed by atoms with Gasteiger partial charge in [-0.05, 0) is 12.1 Å². The maximum atomic E-state index is 10.4. The van der Waals surface area contributed by atoms with Crippen LogP contribution < -0.4 is 34.7 Å². The van der Waals surface area contributed by atoms with Gasteiger partial charge in [0.25, 0.3) is 0 Å². The summed E-state index contributed by atoms with van der Waals surface area (Å²) in [5.41, 5.74) is 0.938. The number of benzene rings is 1. The molecule has 60 valence electrons. The van der Waals surface area contributed by atoms with Crippen LogP contribution in [0.15, 0.2) is 30.3 Å². The number of H-pyrrole nitrogens is 1. The molecule has 0 bridgehead atoms. The molecule has 0 saturated heterocycles. The maximum absolute atomic E-state index is 10.4. The second kappa shape index (κ2) is 3.96. The van der Waals surface area contributed by atoms with Crippen molar-refractivity contribution in [1.82, 2.24) is 4.98 Å². The molecule has 0 atom stereocenters. The van der Waals surface area contributed by atoms with E-state index < -0.39 is 5.97 Å². The van der Waals surface area contributed by atoms with Crippen molar-refractivity contribution in [3.63, 3.8) is 0 Å². The molecular formula is C9H6NNaO2. The summed E-state index contributed by atoms with van der Waals surface area (Å²) in [6, 6.07) is 8.93. The first-order valence-corrected chi connectivity index (χ1v) is 3.56. The minimum Gasteiger partial charge on any atom is -0.543 e. The Labute approximate surface area is 97.1 Å². The van der Waals surface area contributed by atoms with Gasteiger partial charge in [0.15, 0.2) is 0 Å². The van der Waals surface area contributed by atoms with E-state index in [4.69, 9.17) is 0 Å². The van der Waals surface area contributed by atoms with Crippen molar-refractivity contribution in [1.29, 1.82) is 0 Å².